The third kappa shape index (κ3) is 3.80. The quantitative estimate of drug-likeness (QED) is 0.635. The Kier molecular flexibility index (Phi) is 5.33. The maximum atomic E-state index is 10.1. The summed E-state index contributed by atoms with van der Waals surface area (Å²) < 4.78 is 2.12. The number of phenols is 1. The second-order valence-electron chi connectivity index (χ2n) is 5.23. The van der Waals surface area contributed by atoms with Crippen LogP contribution in [0.1, 0.15) is 36.1 Å². The molecular weight excluding hydrogens is 394 g/mol. The van der Waals surface area contributed by atoms with E-state index < -0.39 is 0 Å². The average Bonchev–Trinajstić information content (AvgIpc) is 2.45. The van der Waals surface area contributed by atoms with Gasteiger partial charge in [0.25, 0.3) is 0 Å². The van der Waals surface area contributed by atoms with Crippen molar-refractivity contribution in [3.8, 4) is 5.75 Å². The maximum absolute atomic E-state index is 10.1. The molecule has 112 valence electrons. The van der Waals surface area contributed by atoms with Gasteiger partial charge in [0.2, 0.25) is 0 Å². The summed E-state index contributed by atoms with van der Waals surface area (Å²) in [6, 6.07) is 9.85. The number of hydrogen-bond donors (Lipinski definition) is 2. The zero-order valence-electron chi connectivity index (χ0n) is 12.4. The highest BCUT2D eigenvalue weighted by molar-refractivity contribution is 9.10. The first-order valence-electron chi connectivity index (χ1n) is 6.94. The van der Waals surface area contributed by atoms with Crippen LogP contribution in [0.15, 0.2) is 39.3 Å². The lowest BCUT2D eigenvalue weighted by molar-refractivity contribution is 0.462. The van der Waals surface area contributed by atoms with Gasteiger partial charge in [-0.15, -0.1) is 0 Å². The summed E-state index contributed by atoms with van der Waals surface area (Å²) in [7, 11) is 0. The number of phenolic OH excluding ortho intramolecular Hbond substituents is 1. The third-order valence-electron chi connectivity index (χ3n) is 3.55. The Morgan fingerprint density at radius 2 is 1.71 bits per heavy atom. The Hall–Kier alpha value is -1.00. The third-order valence-corrected chi connectivity index (χ3v) is 5.29. The number of anilines is 1. The molecule has 0 aromatic heterocycles. The highest BCUT2D eigenvalue weighted by Crippen LogP contribution is 2.33. The lowest BCUT2D eigenvalue weighted by Crippen LogP contribution is -2.10. The molecule has 1 atom stereocenters. The van der Waals surface area contributed by atoms with Gasteiger partial charge >= 0.3 is 0 Å². The average molecular weight is 413 g/mol. The van der Waals surface area contributed by atoms with Gasteiger partial charge in [-0.3, -0.25) is 0 Å². The number of hydrogen-bond acceptors (Lipinski definition) is 2. The lowest BCUT2D eigenvalue weighted by atomic mass is 10.0. The van der Waals surface area contributed by atoms with Crippen LogP contribution in [-0.4, -0.2) is 5.11 Å². The fraction of sp³-hybridized carbons (Fsp3) is 0.294. The minimum atomic E-state index is 0.0717. The molecule has 2 aromatic rings. The molecule has 2 nitrogen and oxygen atoms in total. The zero-order chi connectivity index (χ0) is 15.6. The topological polar surface area (TPSA) is 32.3 Å². The standard InChI is InChI=1S/C17H19Br2NO/c1-4-15(14-9-12(18)5-6-16(14)21)20-13-7-10(2)17(19)11(3)8-13/h5-9,15,20-21H,4H2,1-3H3. The summed E-state index contributed by atoms with van der Waals surface area (Å²) in [5.74, 6) is 0.322. The predicted molar refractivity (Wildman–Crippen MR) is 96.1 cm³/mol. The number of nitrogens with one attached hydrogen (secondary N) is 1. The molecule has 0 saturated heterocycles. The Balaban J connectivity index is 2.33. The zero-order valence-corrected chi connectivity index (χ0v) is 15.5. The molecule has 0 aliphatic rings. The molecule has 0 bridgehead atoms. The Morgan fingerprint density at radius 3 is 2.29 bits per heavy atom. The number of halogens is 2. The SMILES string of the molecule is CCC(Nc1cc(C)c(Br)c(C)c1)c1cc(Br)ccc1O. The first-order valence-corrected chi connectivity index (χ1v) is 8.52. The Bertz CT molecular complexity index is 632. The highest BCUT2D eigenvalue weighted by atomic mass is 79.9. The molecule has 2 rings (SSSR count). The smallest absolute Gasteiger partial charge is 0.120 e. The molecule has 0 saturated carbocycles. The molecule has 4 heteroatoms. The maximum Gasteiger partial charge on any atom is 0.120 e. The minimum Gasteiger partial charge on any atom is -0.508 e. The van der Waals surface area contributed by atoms with E-state index in [1.165, 1.54) is 11.1 Å². The molecule has 1 unspecified atom stereocenters. The van der Waals surface area contributed by atoms with E-state index in [1.54, 1.807) is 6.07 Å². The Labute approximate surface area is 142 Å². The van der Waals surface area contributed by atoms with Crippen LogP contribution in [0.25, 0.3) is 0 Å². The van der Waals surface area contributed by atoms with Gasteiger partial charge in [-0.05, 0) is 61.7 Å². The molecule has 0 fully saturated rings. The normalized spacial score (nSPS) is 12.2. The summed E-state index contributed by atoms with van der Waals surface area (Å²) >= 11 is 7.06. The van der Waals surface area contributed by atoms with E-state index in [2.05, 4.69) is 70.1 Å². The lowest BCUT2D eigenvalue weighted by Gasteiger charge is -2.21. The first kappa shape index (κ1) is 16.4. The van der Waals surface area contributed by atoms with Crippen LogP contribution in [0.2, 0.25) is 0 Å². The monoisotopic (exact) mass is 411 g/mol. The minimum absolute atomic E-state index is 0.0717. The van der Waals surface area contributed by atoms with Crippen molar-refractivity contribution >= 4 is 37.5 Å². The summed E-state index contributed by atoms with van der Waals surface area (Å²) in [5, 5.41) is 13.6. The highest BCUT2D eigenvalue weighted by Gasteiger charge is 2.15. The van der Waals surface area contributed by atoms with E-state index in [4.69, 9.17) is 0 Å². The first-order chi connectivity index (χ1) is 9.92. The summed E-state index contributed by atoms with van der Waals surface area (Å²) in [5.41, 5.74) is 4.38. The molecule has 0 heterocycles. The van der Waals surface area contributed by atoms with E-state index >= 15 is 0 Å². The second-order valence-corrected chi connectivity index (χ2v) is 6.94. The number of aromatic hydroxyl groups is 1. The molecule has 21 heavy (non-hydrogen) atoms. The number of benzene rings is 2. The van der Waals surface area contributed by atoms with Gasteiger partial charge in [-0.25, -0.2) is 0 Å². The van der Waals surface area contributed by atoms with Gasteiger partial charge in [-0.1, -0.05) is 38.8 Å². The van der Waals surface area contributed by atoms with Gasteiger partial charge < -0.3 is 10.4 Å². The summed E-state index contributed by atoms with van der Waals surface area (Å²) in [6.45, 7) is 6.27. The number of aryl methyl sites for hydroxylation is 2. The van der Waals surface area contributed by atoms with Crippen LogP contribution >= 0.6 is 31.9 Å². The van der Waals surface area contributed by atoms with Crippen LogP contribution < -0.4 is 5.32 Å². The van der Waals surface area contributed by atoms with Crippen LogP contribution in [-0.2, 0) is 0 Å². The predicted octanol–water partition coefficient (Wildman–Crippen LogP) is 6.10. The molecule has 0 radical (unpaired) electrons. The van der Waals surface area contributed by atoms with Gasteiger partial charge in [0.15, 0.2) is 0 Å². The van der Waals surface area contributed by atoms with Crippen molar-refractivity contribution in [3.63, 3.8) is 0 Å². The van der Waals surface area contributed by atoms with Crippen molar-refractivity contribution in [2.45, 2.75) is 33.2 Å². The van der Waals surface area contributed by atoms with E-state index in [1.807, 2.05) is 12.1 Å². The van der Waals surface area contributed by atoms with Gasteiger partial charge in [0.05, 0.1) is 6.04 Å². The van der Waals surface area contributed by atoms with E-state index in [0.29, 0.717) is 5.75 Å². The van der Waals surface area contributed by atoms with Crippen molar-refractivity contribution in [3.05, 3.63) is 56.0 Å². The van der Waals surface area contributed by atoms with Crippen LogP contribution in [0.4, 0.5) is 5.69 Å². The fourth-order valence-electron chi connectivity index (χ4n) is 2.43. The van der Waals surface area contributed by atoms with Crippen molar-refractivity contribution < 1.29 is 5.11 Å². The second kappa shape index (κ2) is 6.84. The van der Waals surface area contributed by atoms with Gasteiger partial charge in [0, 0.05) is 20.2 Å². The van der Waals surface area contributed by atoms with E-state index in [0.717, 1.165) is 26.6 Å². The molecule has 0 aliphatic heterocycles. The fourth-order valence-corrected chi connectivity index (χ4v) is 3.04. The van der Waals surface area contributed by atoms with Crippen LogP contribution in [0, 0.1) is 13.8 Å². The number of rotatable bonds is 4. The van der Waals surface area contributed by atoms with Crippen molar-refractivity contribution in [2.24, 2.45) is 0 Å². The molecule has 0 spiro atoms. The molecule has 2 aromatic carbocycles. The molecular formula is C17H19Br2NO. The summed E-state index contributed by atoms with van der Waals surface area (Å²) in [4.78, 5) is 0. The molecule has 2 N–H and O–H groups in total. The molecule has 0 amide bonds. The Morgan fingerprint density at radius 1 is 1.10 bits per heavy atom. The summed E-state index contributed by atoms with van der Waals surface area (Å²) in [6.07, 6.45) is 0.887. The van der Waals surface area contributed by atoms with Crippen LogP contribution in [0.3, 0.4) is 0 Å². The van der Waals surface area contributed by atoms with Crippen LogP contribution in [0.5, 0.6) is 5.75 Å². The van der Waals surface area contributed by atoms with E-state index in [9.17, 15) is 5.11 Å². The van der Waals surface area contributed by atoms with Gasteiger partial charge in [-0.2, -0.15) is 0 Å². The van der Waals surface area contributed by atoms with Crippen molar-refractivity contribution in [1.29, 1.82) is 0 Å². The molecule has 0 aliphatic carbocycles. The van der Waals surface area contributed by atoms with Crippen molar-refractivity contribution in [2.75, 3.05) is 5.32 Å². The largest absolute Gasteiger partial charge is 0.508 e. The van der Waals surface area contributed by atoms with Gasteiger partial charge in [0.1, 0.15) is 5.75 Å². The van der Waals surface area contributed by atoms with Crippen molar-refractivity contribution in [1.82, 2.24) is 0 Å². The van der Waals surface area contributed by atoms with E-state index in [-0.39, 0.29) is 6.04 Å².